The van der Waals surface area contributed by atoms with Crippen molar-refractivity contribution in [2.45, 2.75) is 0 Å². The van der Waals surface area contributed by atoms with E-state index >= 15 is 0 Å². The van der Waals surface area contributed by atoms with E-state index in [1.165, 1.54) is 6.20 Å². The van der Waals surface area contributed by atoms with Gasteiger partial charge >= 0.3 is 0 Å². The molecule has 1 rings (SSSR count). The molecule has 10 heavy (non-hydrogen) atoms. The van der Waals surface area contributed by atoms with Crippen LogP contribution in [-0.2, 0) is 22.4 Å². The smallest absolute Gasteiger partial charge is 0.149 e. The molecule has 0 fully saturated rings. The summed E-state index contributed by atoms with van der Waals surface area (Å²) >= 11 is 16.6. The van der Waals surface area contributed by atoms with Crippen LogP contribution >= 0.6 is 34.8 Å². The standard InChI is InChI=1S/C5H2Cl3N.Au/c6-3-1-2-9-5(8)4(3)7;/h1-2H;. The van der Waals surface area contributed by atoms with Gasteiger partial charge in [0.2, 0.25) is 0 Å². The van der Waals surface area contributed by atoms with Gasteiger partial charge in [0.1, 0.15) is 5.15 Å². The zero-order valence-corrected chi connectivity index (χ0v) is 8.97. The number of hydrogen-bond donors (Lipinski definition) is 0. The van der Waals surface area contributed by atoms with Crippen LogP contribution in [0.4, 0.5) is 0 Å². The molecular formula is C5H2AuCl3N. The number of halogens is 3. The van der Waals surface area contributed by atoms with Gasteiger partial charge in [-0.2, -0.15) is 0 Å². The van der Waals surface area contributed by atoms with Crippen molar-refractivity contribution in [3.63, 3.8) is 0 Å². The van der Waals surface area contributed by atoms with Crippen molar-refractivity contribution in [1.82, 2.24) is 4.98 Å². The maximum Gasteiger partial charge on any atom is 0.149 e. The van der Waals surface area contributed by atoms with Gasteiger partial charge in [-0.1, -0.05) is 34.8 Å². The maximum atomic E-state index is 5.56. The van der Waals surface area contributed by atoms with Crippen molar-refractivity contribution in [2.24, 2.45) is 0 Å². The average Bonchev–Trinajstić information content (AvgIpc) is 1.83. The molecule has 1 nitrogen and oxygen atoms in total. The molecular weight excluding hydrogens is 377 g/mol. The predicted octanol–water partition coefficient (Wildman–Crippen LogP) is 3.04. The van der Waals surface area contributed by atoms with E-state index in [1.54, 1.807) is 6.07 Å². The van der Waals surface area contributed by atoms with Crippen LogP contribution in [0, 0.1) is 0 Å². The Balaban J connectivity index is 0.000000810. The summed E-state index contributed by atoms with van der Waals surface area (Å²) in [4.78, 5) is 3.69. The van der Waals surface area contributed by atoms with Gasteiger partial charge in [0.25, 0.3) is 0 Å². The third-order valence-electron chi connectivity index (χ3n) is 0.800. The topological polar surface area (TPSA) is 12.9 Å². The summed E-state index contributed by atoms with van der Waals surface area (Å²) < 4.78 is 0. The molecule has 1 aromatic heterocycles. The first-order valence-electron chi connectivity index (χ1n) is 2.17. The van der Waals surface area contributed by atoms with E-state index in [0.717, 1.165) is 0 Å². The normalized spacial score (nSPS) is 8.70. The van der Waals surface area contributed by atoms with E-state index in [0.29, 0.717) is 10.0 Å². The molecule has 1 heterocycles. The fourth-order valence-corrected chi connectivity index (χ4v) is 0.861. The molecule has 5 heteroatoms. The Bertz CT molecular complexity index is 208. The molecule has 0 bridgehead atoms. The third-order valence-corrected chi connectivity index (χ3v) is 1.98. The van der Waals surface area contributed by atoms with Crippen LogP contribution in [0.25, 0.3) is 0 Å². The SMILES string of the molecule is Clc1ccnc(Cl)c1Cl.[Au]. The van der Waals surface area contributed by atoms with Crippen molar-refractivity contribution in [1.29, 1.82) is 0 Å². The van der Waals surface area contributed by atoms with E-state index in [1.807, 2.05) is 0 Å². The van der Waals surface area contributed by atoms with Crippen molar-refractivity contribution in [3.05, 3.63) is 27.5 Å². The van der Waals surface area contributed by atoms with E-state index in [2.05, 4.69) is 4.98 Å². The molecule has 0 aliphatic carbocycles. The van der Waals surface area contributed by atoms with Gasteiger partial charge in [-0.05, 0) is 6.07 Å². The quantitative estimate of drug-likeness (QED) is 0.499. The third kappa shape index (κ3) is 2.42. The Morgan fingerprint density at radius 1 is 1.20 bits per heavy atom. The number of rotatable bonds is 0. The Morgan fingerprint density at radius 2 is 1.80 bits per heavy atom. The molecule has 0 saturated carbocycles. The van der Waals surface area contributed by atoms with Gasteiger partial charge in [-0.25, -0.2) is 4.98 Å². The van der Waals surface area contributed by atoms with E-state index < -0.39 is 0 Å². The molecule has 0 unspecified atom stereocenters. The second kappa shape index (κ2) is 4.60. The molecule has 0 aromatic carbocycles. The van der Waals surface area contributed by atoms with Crippen molar-refractivity contribution >= 4 is 34.8 Å². The van der Waals surface area contributed by atoms with Gasteiger partial charge in [0.05, 0.1) is 10.0 Å². The van der Waals surface area contributed by atoms with Gasteiger partial charge in [0.15, 0.2) is 0 Å². The van der Waals surface area contributed by atoms with Crippen molar-refractivity contribution in [2.75, 3.05) is 0 Å². The molecule has 1 aromatic rings. The minimum absolute atomic E-state index is 0. The second-order valence-corrected chi connectivity index (χ2v) is 2.54. The zero-order chi connectivity index (χ0) is 6.85. The fraction of sp³-hybridized carbons (Fsp3) is 0. The number of aromatic nitrogens is 1. The monoisotopic (exact) mass is 378 g/mol. The molecule has 0 aliphatic rings. The van der Waals surface area contributed by atoms with E-state index in [4.69, 9.17) is 34.8 Å². The van der Waals surface area contributed by atoms with E-state index in [-0.39, 0.29) is 27.5 Å². The summed E-state index contributed by atoms with van der Waals surface area (Å²) in [7, 11) is 0. The van der Waals surface area contributed by atoms with Crippen LogP contribution in [0.5, 0.6) is 0 Å². The summed E-state index contributed by atoms with van der Waals surface area (Å²) in [6.07, 6.45) is 1.50. The molecule has 0 amide bonds. The largest absolute Gasteiger partial charge is 0.243 e. The molecule has 1 radical (unpaired) electrons. The maximum absolute atomic E-state index is 5.56. The number of hydrogen-bond acceptors (Lipinski definition) is 1. The molecule has 0 atom stereocenters. The minimum atomic E-state index is 0. The van der Waals surface area contributed by atoms with Gasteiger partial charge in [-0.15, -0.1) is 0 Å². The van der Waals surface area contributed by atoms with Crippen LogP contribution in [0.3, 0.4) is 0 Å². The summed E-state index contributed by atoms with van der Waals surface area (Å²) in [5, 5.41) is 0.974. The minimum Gasteiger partial charge on any atom is -0.243 e. The van der Waals surface area contributed by atoms with Gasteiger partial charge in [-0.3, -0.25) is 0 Å². The zero-order valence-electron chi connectivity index (χ0n) is 4.54. The Hall–Kier alpha value is 0.760. The summed E-state index contributed by atoms with van der Waals surface area (Å²) in [6.45, 7) is 0. The molecule has 0 spiro atoms. The Morgan fingerprint density at radius 3 is 2.20 bits per heavy atom. The number of pyridine rings is 1. The number of nitrogens with zero attached hydrogens (tertiary/aromatic N) is 1. The second-order valence-electron chi connectivity index (χ2n) is 1.40. The van der Waals surface area contributed by atoms with Crippen LogP contribution in [0.2, 0.25) is 15.2 Å². The van der Waals surface area contributed by atoms with Crippen LogP contribution < -0.4 is 0 Å². The molecule has 59 valence electrons. The fourth-order valence-electron chi connectivity index (χ4n) is 0.397. The van der Waals surface area contributed by atoms with Crippen LogP contribution in [0.15, 0.2) is 12.3 Å². The summed E-state index contributed by atoms with van der Waals surface area (Å²) in [6, 6.07) is 1.58. The molecule has 0 aliphatic heterocycles. The summed E-state index contributed by atoms with van der Waals surface area (Å²) in [5.41, 5.74) is 0. The average molecular weight is 379 g/mol. The van der Waals surface area contributed by atoms with Crippen LogP contribution in [0.1, 0.15) is 0 Å². The van der Waals surface area contributed by atoms with Gasteiger partial charge in [0, 0.05) is 28.6 Å². The van der Waals surface area contributed by atoms with Crippen molar-refractivity contribution in [3.8, 4) is 0 Å². The molecule has 0 N–H and O–H groups in total. The first-order chi connectivity index (χ1) is 4.22. The van der Waals surface area contributed by atoms with Crippen LogP contribution in [-0.4, -0.2) is 4.98 Å². The predicted molar refractivity (Wildman–Crippen MR) is 39.3 cm³/mol. The van der Waals surface area contributed by atoms with Gasteiger partial charge < -0.3 is 0 Å². The molecule has 0 saturated heterocycles. The Labute approximate surface area is 89.2 Å². The van der Waals surface area contributed by atoms with Crippen molar-refractivity contribution < 1.29 is 22.4 Å². The first kappa shape index (κ1) is 10.8. The summed E-state index contributed by atoms with van der Waals surface area (Å²) in [5.74, 6) is 0. The Kier molecular flexibility index (Phi) is 4.95. The van der Waals surface area contributed by atoms with E-state index in [9.17, 15) is 0 Å². The first-order valence-corrected chi connectivity index (χ1v) is 3.30.